The molecule has 0 saturated carbocycles. The predicted molar refractivity (Wildman–Crippen MR) is 95.0 cm³/mol. The molecule has 3 aromatic rings. The normalized spacial score (nSPS) is 12.3. The molecule has 0 unspecified atom stereocenters. The molecule has 24 heavy (non-hydrogen) atoms. The monoisotopic (exact) mass is 342 g/mol. The number of nitrogens with one attached hydrogen (secondary N) is 1. The Kier molecular flexibility index (Phi) is 4.44. The highest BCUT2D eigenvalue weighted by Crippen LogP contribution is 2.23. The molecular weight excluding hydrogens is 324 g/mol. The highest BCUT2D eigenvalue weighted by molar-refractivity contribution is 7.16. The summed E-state index contributed by atoms with van der Waals surface area (Å²) in [5.41, 5.74) is 1.13. The summed E-state index contributed by atoms with van der Waals surface area (Å²) < 4.78 is 1.26. The standard InChI is InChI=1S/C17H18N4O2S/c1-4-10(2)15-20-21-16(23)13(9-18-17(21)24-15)19-14(22)12-8-6-5-7-11(12)3/h5-10H,4H2,1-3H3,(H,19,22)/t10-/m1/s1. The van der Waals surface area contributed by atoms with Crippen molar-refractivity contribution < 1.29 is 4.79 Å². The number of aryl methyl sites for hydroxylation is 1. The van der Waals surface area contributed by atoms with Crippen LogP contribution in [0.5, 0.6) is 0 Å². The topological polar surface area (TPSA) is 76.4 Å². The Balaban J connectivity index is 1.96. The maximum Gasteiger partial charge on any atom is 0.298 e. The fourth-order valence-corrected chi connectivity index (χ4v) is 3.27. The summed E-state index contributed by atoms with van der Waals surface area (Å²) in [5.74, 6) is -0.0644. The van der Waals surface area contributed by atoms with Gasteiger partial charge in [-0.05, 0) is 25.0 Å². The van der Waals surface area contributed by atoms with E-state index in [1.165, 1.54) is 22.0 Å². The first-order valence-corrected chi connectivity index (χ1v) is 8.58. The summed E-state index contributed by atoms with van der Waals surface area (Å²) >= 11 is 1.40. The van der Waals surface area contributed by atoms with Gasteiger partial charge in [-0.3, -0.25) is 9.59 Å². The van der Waals surface area contributed by atoms with Gasteiger partial charge in [0.05, 0.1) is 6.20 Å². The molecule has 1 amide bonds. The highest BCUT2D eigenvalue weighted by atomic mass is 32.1. The van der Waals surface area contributed by atoms with Crippen LogP contribution in [-0.4, -0.2) is 20.5 Å². The molecule has 6 nitrogen and oxygen atoms in total. The van der Waals surface area contributed by atoms with E-state index in [1.807, 2.05) is 19.1 Å². The van der Waals surface area contributed by atoms with Crippen molar-refractivity contribution in [3.63, 3.8) is 0 Å². The Morgan fingerprint density at radius 2 is 2.12 bits per heavy atom. The van der Waals surface area contributed by atoms with E-state index in [2.05, 4.69) is 29.2 Å². The second kappa shape index (κ2) is 6.52. The van der Waals surface area contributed by atoms with Crippen molar-refractivity contribution in [2.24, 2.45) is 0 Å². The van der Waals surface area contributed by atoms with Crippen LogP contribution in [0.3, 0.4) is 0 Å². The van der Waals surface area contributed by atoms with Gasteiger partial charge >= 0.3 is 0 Å². The number of carbonyl (C=O) groups excluding carboxylic acids is 1. The molecule has 0 aliphatic rings. The largest absolute Gasteiger partial charge is 0.316 e. The predicted octanol–water partition coefficient (Wildman–Crippen LogP) is 3.23. The molecule has 0 aliphatic heterocycles. The lowest BCUT2D eigenvalue weighted by molar-refractivity contribution is 0.102. The number of aromatic nitrogens is 3. The lowest BCUT2D eigenvalue weighted by Gasteiger charge is -2.06. The fourth-order valence-electron chi connectivity index (χ4n) is 2.28. The first kappa shape index (κ1) is 16.3. The van der Waals surface area contributed by atoms with Crippen LogP contribution in [0.25, 0.3) is 4.96 Å². The van der Waals surface area contributed by atoms with Crippen LogP contribution in [-0.2, 0) is 0 Å². The summed E-state index contributed by atoms with van der Waals surface area (Å²) in [6.45, 7) is 5.98. The molecule has 1 aromatic carbocycles. The minimum absolute atomic E-state index is 0.127. The van der Waals surface area contributed by atoms with Gasteiger partial charge in [-0.15, -0.1) is 0 Å². The number of hydrogen-bond acceptors (Lipinski definition) is 5. The average molecular weight is 342 g/mol. The minimum Gasteiger partial charge on any atom is -0.316 e. The first-order chi connectivity index (χ1) is 11.5. The Labute approximate surface area is 143 Å². The van der Waals surface area contributed by atoms with Crippen LogP contribution in [0.1, 0.15) is 47.1 Å². The quantitative estimate of drug-likeness (QED) is 0.790. The summed E-state index contributed by atoms with van der Waals surface area (Å²) in [7, 11) is 0. The Bertz CT molecular complexity index is 961. The lowest BCUT2D eigenvalue weighted by Crippen LogP contribution is -2.24. The molecule has 2 aromatic heterocycles. The summed E-state index contributed by atoms with van der Waals surface area (Å²) in [4.78, 5) is 29.7. The van der Waals surface area contributed by atoms with Gasteiger partial charge in [0.1, 0.15) is 10.7 Å². The molecule has 1 atom stereocenters. The van der Waals surface area contributed by atoms with Crippen LogP contribution in [0.4, 0.5) is 5.69 Å². The molecule has 1 N–H and O–H groups in total. The van der Waals surface area contributed by atoms with Crippen molar-refractivity contribution in [3.8, 4) is 0 Å². The van der Waals surface area contributed by atoms with Gasteiger partial charge in [0.2, 0.25) is 4.96 Å². The highest BCUT2D eigenvalue weighted by Gasteiger charge is 2.16. The lowest BCUT2D eigenvalue weighted by atomic mass is 10.1. The molecule has 124 valence electrons. The summed E-state index contributed by atoms with van der Waals surface area (Å²) in [6, 6.07) is 7.22. The van der Waals surface area contributed by atoms with E-state index in [9.17, 15) is 9.59 Å². The summed E-state index contributed by atoms with van der Waals surface area (Å²) in [6.07, 6.45) is 2.33. The molecule has 3 rings (SSSR count). The number of nitrogens with zero attached hydrogens (tertiary/aromatic N) is 3. The number of rotatable bonds is 4. The molecule has 0 fully saturated rings. The zero-order valence-electron chi connectivity index (χ0n) is 13.7. The van der Waals surface area contributed by atoms with Crippen LogP contribution >= 0.6 is 11.3 Å². The molecule has 0 spiro atoms. The third-order valence-electron chi connectivity index (χ3n) is 3.97. The number of carbonyl (C=O) groups is 1. The van der Waals surface area contributed by atoms with Crippen molar-refractivity contribution in [2.45, 2.75) is 33.1 Å². The van der Waals surface area contributed by atoms with Gasteiger partial charge in [0, 0.05) is 11.5 Å². The second-order valence-electron chi connectivity index (χ2n) is 5.69. The average Bonchev–Trinajstić information content (AvgIpc) is 3.02. The fraction of sp³-hybridized carbons (Fsp3) is 0.294. The van der Waals surface area contributed by atoms with E-state index in [-0.39, 0.29) is 23.1 Å². The second-order valence-corrected chi connectivity index (χ2v) is 6.68. The Morgan fingerprint density at radius 1 is 1.38 bits per heavy atom. The van der Waals surface area contributed by atoms with Gasteiger partial charge in [-0.2, -0.15) is 9.61 Å². The van der Waals surface area contributed by atoms with E-state index in [4.69, 9.17) is 0 Å². The van der Waals surface area contributed by atoms with Crippen LogP contribution < -0.4 is 10.9 Å². The van der Waals surface area contributed by atoms with Crippen LogP contribution in [0.2, 0.25) is 0 Å². The van der Waals surface area contributed by atoms with Crippen LogP contribution in [0.15, 0.2) is 35.3 Å². The van der Waals surface area contributed by atoms with E-state index >= 15 is 0 Å². The van der Waals surface area contributed by atoms with Crippen molar-refractivity contribution in [1.29, 1.82) is 0 Å². The van der Waals surface area contributed by atoms with Gasteiger partial charge in [-0.1, -0.05) is 43.4 Å². The van der Waals surface area contributed by atoms with E-state index in [0.29, 0.717) is 10.5 Å². The number of hydrogen-bond donors (Lipinski definition) is 1. The van der Waals surface area contributed by atoms with Crippen molar-refractivity contribution in [1.82, 2.24) is 14.6 Å². The van der Waals surface area contributed by atoms with Gasteiger partial charge in [-0.25, -0.2) is 4.98 Å². The molecule has 2 heterocycles. The third-order valence-corrected chi connectivity index (χ3v) is 5.13. The molecule has 0 saturated heterocycles. The number of benzene rings is 1. The van der Waals surface area contributed by atoms with Crippen molar-refractivity contribution >= 4 is 27.9 Å². The third kappa shape index (κ3) is 2.94. The van der Waals surface area contributed by atoms with E-state index < -0.39 is 0 Å². The number of anilines is 1. The Morgan fingerprint density at radius 3 is 2.83 bits per heavy atom. The van der Waals surface area contributed by atoms with Crippen LogP contribution in [0, 0.1) is 6.92 Å². The summed E-state index contributed by atoms with van der Waals surface area (Å²) in [5, 5.41) is 7.86. The molecule has 0 radical (unpaired) electrons. The smallest absolute Gasteiger partial charge is 0.298 e. The van der Waals surface area contributed by atoms with Crippen molar-refractivity contribution in [2.75, 3.05) is 5.32 Å². The van der Waals surface area contributed by atoms with Crippen molar-refractivity contribution in [3.05, 3.63) is 57.0 Å². The molecular formula is C17H18N4O2S. The Hall–Kier alpha value is -2.54. The molecule has 0 aliphatic carbocycles. The number of fused-ring (bicyclic) bond motifs is 1. The van der Waals surface area contributed by atoms with E-state index in [1.54, 1.807) is 12.1 Å². The SMILES string of the molecule is CC[C@@H](C)c1nn2c(=O)c(NC(=O)c3ccccc3C)cnc2s1. The zero-order chi connectivity index (χ0) is 17.3. The molecule has 7 heteroatoms. The maximum absolute atomic E-state index is 12.6. The first-order valence-electron chi connectivity index (χ1n) is 7.77. The van der Waals surface area contributed by atoms with Gasteiger partial charge in [0.25, 0.3) is 11.5 Å². The van der Waals surface area contributed by atoms with Gasteiger partial charge < -0.3 is 5.32 Å². The van der Waals surface area contributed by atoms with Gasteiger partial charge in [0.15, 0.2) is 0 Å². The maximum atomic E-state index is 12.6. The number of amides is 1. The minimum atomic E-state index is -0.368. The molecule has 0 bridgehead atoms. The zero-order valence-corrected chi connectivity index (χ0v) is 14.6. The van der Waals surface area contributed by atoms with E-state index in [0.717, 1.165) is 17.0 Å².